The van der Waals surface area contributed by atoms with Gasteiger partial charge in [0.2, 0.25) is 0 Å². The number of rotatable bonds is 3. The lowest BCUT2D eigenvalue weighted by Crippen LogP contribution is -2.17. The SMILES string of the molecule is COCc1cccc(NC(=O)n2ccnc2)c1. The number of benzene rings is 1. The molecule has 0 aliphatic rings. The van der Waals surface area contributed by atoms with Crippen LogP contribution < -0.4 is 5.32 Å². The molecule has 0 aliphatic carbocycles. The maximum atomic E-state index is 11.7. The summed E-state index contributed by atoms with van der Waals surface area (Å²) in [6.07, 6.45) is 4.60. The number of hydrogen-bond acceptors (Lipinski definition) is 3. The zero-order chi connectivity index (χ0) is 12.1. The van der Waals surface area contributed by atoms with E-state index in [0.29, 0.717) is 6.61 Å². The van der Waals surface area contributed by atoms with Gasteiger partial charge in [0, 0.05) is 25.2 Å². The van der Waals surface area contributed by atoms with Gasteiger partial charge in [0.1, 0.15) is 6.33 Å². The predicted octanol–water partition coefficient (Wildman–Crippen LogP) is 2.11. The Bertz CT molecular complexity index is 494. The number of imidazole rings is 1. The normalized spacial score (nSPS) is 10.2. The first-order valence-corrected chi connectivity index (χ1v) is 5.17. The second-order valence-electron chi connectivity index (χ2n) is 3.53. The molecule has 0 saturated heterocycles. The van der Waals surface area contributed by atoms with Crippen molar-refractivity contribution in [1.82, 2.24) is 9.55 Å². The highest BCUT2D eigenvalue weighted by atomic mass is 16.5. The molecule has 0 unspecified atom stereocenters. The van der Waals surface area contributed by atoms with Crippen LogP contribution in [0.1, 0.15) is 5.56 Å². The van der Waals surface area contributed by atoms with Gasteiger partial charge in [-0.15, -0.1) is 0 Å². The van der Waals surface area contributed by atoms with Gasteiger partial charge >= 0.3 is 6.03 Å². The van der Waals surface area contributed by atoms with Crippen LogP contribution in [0.4, 0.5) is 10.5 Å². The van der Waals surface area contributed by atoms with Crippen molar-refractivity contribution in [3.8, 4) is 0 Å². The van der Waals surface area contributed by atoms with Crippen LogP contribution in [0.5, 0.6) is 0 Å². The third-order valence-electron chi connectivity index (χ3n) is 2.23. The predicted molar refractivity (Wildman–Crippen MR) is 63.8 cm³/mol. The number of hydrogen-bond donors (Lipinski definition) is 1. The van der Waals surface area contributed by atoms with Crippen LogP contribution in [0, 0.1) is 0 Å². The average Bonchev–Trinajstić information content (AvgIpc) is 2.83. The van der Waals surface area contributed by atoms with E-state index >= 15 is 0 Å². The van der Waals surface area contributed by atoms with E-state index in [4.69, 9.17) is 4.74 Å². The molecule has 0 aliphatic heterocycles. The minimum absolute atomic E-state index is 0.239. The molecule has 5 nitrogen and oxygen atoms in total. The van der Waals surface area contributed by atoms with Crippen LogP contribution >= 0.6 is 0 Å². The average molecular weight is 231 g/mol. The summed E-state index contributed by atoms with van der Waals surface area (Å²) in [7, 11) is 1.64. The van der Waals surface area contributed by atoms with E-state index in [9.17, 15) is 4.79 Å². The fraction of sp³-hybridized carbons (Fsp3) is 0.167. The number of anilines is 1. The molecule has 1 aromatic carbocycles. The molecule has 5 heteroatoms. The first kappa shape index (κ1) is 11.3. The third-order valence-corrected chi connectivity index (χ3v) is 2.23. The van der Waals surface area contributed by atoms with E-state index in [0.717, 1.165) is 11.3 Å². The van der Waals surface area contributed by atoms with Gasteiger partial charge in [-0.1, -0.05) is 12.1 Å². The summed E-state index contributed by atoms with van der Waals surface area (Å²) in [5, 5.41) is 2.77. The topological polar surface area (TPSA) is 56.1 Å². The van der Waals surface area contributed by atoms with Crippen LogP contribution in [0.2, 0.25) is 0 Å². The van der Waals surface area contributed by atoms with Crippen LogP contribution in [-0.4, -0.2) is 22.7 Å². The van der Waals surface area contributed by atoms with Crippen LogP contribution in [0.25, 0.3) is 0 Å². The standard InChI is InChI=1S/C12H13N3O2/c1-17-8-10-3-2-4-11(7-10)14-12(16)15-6-5-13-9-15/h2-7,9H,8H2,1H3,(H,14,16). The molecule has 0 radical (unpaired) electrons. The summed E-state index contributed by atoms with van der Waals surface area (Å²) in [5.74, 6) is 0. The van der Waals surface area contributed by atoms with Crippen molar-refractivity contribution in [2.24, 2.45) is 0 Å². The fourth-order valence-electron chi connectivity index (χ4n) is 1.47. The monoisotopic (exact) mass is 231 g/mol. The second kappa shape index (κ2) is 5.27. The molecule has 1 amide bonds. The highest BCUT2D eigenvalue weighted by Crippen LogP contribution is 2.11. The molecule has 2 aromatic rings. The van der Waals surface area contributed by atoms with Gasteiger partial charge in [0.15, 0.2) is 0 Å². The molecular weight excluding hydrogens is 218 g/mol. The number of nitrogens with zero attached hydrogens (tertiary/aromatic N) is 2. The second-order valence-corrected chi connectivity index (χ2v) is 3.53. The highest BCUT2D eigenvalue weighted by Gasteiger charge is 2.04. The Hall–Kier alpha value is -2.14. The Morgan fingerprint density at radius 3 is 3.12 bits per heavy atom. The van der Waals surface area contributed by atoms with Gasteiger partial charge in [0.05, 0.1) is 6.61 Å². The first-order chi connectivity index (χ1) is 8.29. The zero-order valence-corrected chi connectivity index (χ0v) is 9.46. The lowest BCUT2D eigenvalue weighted by atomic mass is 10.2. The lowest BCUT2D eigenvalue weighted by molar-refractivity contribution is 0.185. The van der Waals surface area contributed by atoms with Gasteiger partial charge in [-0.25, -0.2) is 9.78 Å². The molecule has 1 aromatic heterocycles. The van der Waals surface area contributed by atoms with Gasteiger partial charge in [0.25, 0.3) is 0 Å². The molecule has 1 heterocycles. The number of methoxy groups -OCH3 is 1. The number of ether oxygens (including phenoxy) is 1. The maximum Gasteiger partial charge on any atom is 0.331 e. The van der Waals surface area contributed by atoms with Crippen molar-refractivity contribution in [2.75, 3.05) is 12.4 Å². The smallest absolute Gasteiger partial charge is 0.331 e. The highest BCUT2D eigenvalue weighted by molar-refractivity contribution is 5.90. The van der Waals surface area contributed by atoms with Crippen molar-refractivity contribution in [2.45, 2.75) is 6.61 Å². The van der Waals surface area contributed by atoms with E-state index in [2.05, 4.69) is 10.3 Å². The van der Waals surface area contributed by atoms with Gasteiger partial charge in [-0.3, -0.25) is 4.57 Å². The van der Waals surface area contributed by atoms with E-state index in [1.165, 1.54) is 10.9 Å². The van der Waals surface area contributed by atoms with E-state index < -0.39 is 0 Å². The minimum Gasteiger partial charge on any atom is -0.380 e. The third kappa shape index (κ3) is 2.92. The van der Waals surface area contributed by atoms with Crippen molar-refractivity contribution in [3.05, 3.63) is 48.5 Å². The molecule has 0 atom stereocenters. The summed E-state index contributed by atoms with van der Waals surface area (Å²) in [6, 6.07) is 7.28. The van der Waals surface area contributed by atoms with Crippen LogP contribution in [0.15, 0.2) is 43.0 Å². The van der Waals surface area contributed by atoms with Crippen molar-refractivity contribution >= 4 is 11.7 Å². The number of nitrogens with one attached hydrogen (secondary N) is 1. The van der Waals surface area contributed by atoms with Gasteiger partial charge in [-0.05, 0) is 17.7 Å². The molecule has 88 valence electrons. The molecule has 0 fully saturated rings. The van der Waals surface area contributed by atoms with Crippen LogP contribution in [-0.2, 0) is 11.3 Å². The van der Waals surface area contributed by atoms with E-state index in [1.807, 2.05) is 24.3 Å². The van der Waals surface area contributed by atoms with Crippen molar-refractivity contribution < 1.29 is 9.53 Å². The molecule has 17 heavy (non-hydrogen) atoms. The Balaban J connectivity index is 2.08. The molecule has 1 N–H and O–H groups in total. The summed E-state index contributed by atoms with van der Waals surface area (Å²) in [5.41, 5.74) is 1.74. The van der Waals surface area contributed by atoms with Gasteiger partial charge in [-0.2, -0.15) is 0 Å². The fourth-order valence-corrected chi connectivity index (χ4v) is 1.47. The first-order valence-electron chi connectivity index (χ1n) is 5.17. The Labute approximate surface area is 99.0 Å². The number of amides is 1. The Kier molecular flexibility index (Phi) is 3.52. The van der Waals surface area contributed by atoms with E-state index in [-0.39, 0.29) is 6.03 Å². The van der Waals surface area contributed by atoms with Crippen molar-refractivity contribution in [3.63, 3.8) is 0 Å². The molecule has 0 bridgehead atoms. The number of carbonyl (C=O) groups is 1. The number of carbonyl (C=O) groups excluding carboxylic acids is 1. The van der Waals surface area contributed by atoms with Gasteiger partial charge < -0.3 is 10.1 Å². The van der Waals surface area contributed by atoms with Crippen LogP contribution in [0.3, 0.4) is 0 Å². The summed E-state index contributed by atoms with van der Waals surface area (Å²) >= 11 is 0. The Morgan fingerprint density at radius 1 is 1.53 bits per heavy atom. The molecule has 0 spiro atoms. The minimum atomic E-state index is -0.239. The molecule has 2 rings (SSSR count). The maximum absolute atomic E-state index is 11.7. The Morgan fingerprint density at radius 2 is 2.41 bits per heavy atom. The lowest BCUT2D eigenvalue weighted by Gasteiger charge is -2.07. The summed E-state index contributed by atoms with van der Waals surface area (Å²) in [4.78, 5) is 15.5. The number of aromatic nitrogens is 2. The summed E-state index contributed by atoms with van der Waals surface area (Å²) < 4.78 is 6.41. The zero-order valence-electron chi connectivity index (χ0n) is 9.46. The van der Waals surface area contributed by atoms with Crippen molar-refractivity contribution in [1.29, 1.82) is 0 Å². The largest absolute Gasteiger partial charge is 0.380 e. The molecule has 0 saturated carbocycles. The summed E-state index contributed by atoms with van der Waals surface area (Å²) in [6.45, 7) is 0.523. The molecular formula is C12H13N3O2. The van der Waals surface area contributed by atoms with E-state index in [1.54, 1.807) is 19.5 Å². The quantitative estimate of drug-likeness (QED) is 0.880.